The molecule has 0 amide bonds. The van der Waals surface area contributed by atoms with E-state index in [1.54, 1.807) is 6.92 Å². The second-order valence-electron chi connectivity index (χ2n) is 8.77. The number of hydrogen-bond acceptors (Lipinski definition) is 5. The summed E-state index contributed by atoms with van der Waals surface area (Å²) >= 11 is 0. The molecule has 2 N–H and O–H groups in total. The Labute approximate surface area is 208 Å². The Kier molecular flexibility index (Phi) is 6.45. The summed E-state index contributed by atoms with van der Waals surface area (Å²) in [6.07, 6.45) is 0.722. The largest absolute Gasteiger partial charge is 0.481 e. The van der Waals surface area contributed by atoms with Crippen LogP contribution in [0.2, 0.25) is 0 Å². The summed E-state index contributed by atoms with van der Waals surface area (Å²) in [4.78, 5) is 35.0. The van der Waals surface area contributed by atoms with E-state index < -0.39 is 23.5 Å². The number of anilines is 1. The zero-order chi connectivity index (χ0) is 25.1. The van der Waals surface area contributed by atoms with E-state index in [0.717, 1.165) is 17.5 Å². The van der Waals surface area contributed by atoms with Gasteiger partial charge in [-0.1, -0.05) is 78.9 Å². The van der Waals surface area contributed by atoms with Gasteiger partial charge in [-0.05, 0) is 36.6 Å². The van der Waals surface area contributed by atoms with Crippen LogP contribution in [0, 0.1) is 5.92 Å². The van der Waals surface area contributed by atoms with Crippen molar-refractivity contribution in [3.05, 3.63) is 118 Å². The van der Waals surface area contributed by atoms with E-state index in [1.165, 1.54) is 4.57 Å². The molecule has 1 aromatic heterocycles. The van der Waals surface area contributed by atoms with Crippen molar-refractivity contribution in [2.24, 2.45) is 10.9 Å². The highest BCUT2D eigenvalue weighted by Crippen LogP contribution is 2.45. The Morgan fingerprint density at radius 1 is 0.944 bits per heavy atom. The number of aliphatic carboxylic acids is 1. The lowest BCUT2D eigenvalue weighted by molar-refractivity contribution is -0.139. The van der Waals surface area contributed by atoms with Gasteiger partial charge in [-0.15, -0.1) is 0 Å². The molecule has 7 nitrogen and oxygen atoms in total. The quantitative estimate of drug-likeness (QED) is 0.397. The molecule has 0 saturated carbocycles. The van der Waals surface area contributed by atoms with Crippen LogP contribution in [-0.4, -0.2) is 32.9 Å². The van der Waals surface area contributed by atoms with Crippen molar-refractivity contribution in [3.63, 3.8) is 0 Å². The SMILES string of the molecule is CC1=Nc2c(c(NCCc3ccccc3)nc(=O)n2-c2ccccc2)C(c2ccccc2)C1C(=O)O. The van der Waals surface area contributed by atoms with Crippen molar-refractivity contribution in [3.8, 4) is 5.69 Å². The standard InChI is InChI=1S/C29H26N4O3/c1-19-23(28(34)35)24(21-13-7-3-8-14-21)25-26(30-18-17-20-11-5-2-6-12-20)32-29(36)33(27(25)31-19)22-15-9-4-10-16-22/h2-16,23-24H,17-18H2,1H3,(H,34,35)(H,30,32,36). The Balaban J connectivity index is 1.70. The summed E-state index contributed by atoms with van der Waals surface area (Å²) in [5, 5.41) is 13.6. The predicted molar refractivity (Wildman–Crippen MR) is 141 cm³/mol. The first-order chi connectivity index (χ1) is 17.5. The smallest absolute Gasteiger partial charge is 0.355 e. The van der Waals surface area contributed by atoms with Gasteiger partial charge in [0, 0.05) is 23.7 Å². The average Bonchev–Trinajstić information content (AvgIpc) is 2.89. The second kappa shape index (κ2) is 10.00. The van der Waals surface area contributed by atoms with Gasteiger partial charge in [0.05, 0.1) is 5.69 Å². The highest BCUT2D eigenvalue weighted by Gasteiger charge is 2.41. The number of nitrogens with one attached hydrogen (secondary N) is 1. The number of aliphatic imine (C=N–C) groups is 1. The van der Waals surface area contributed by atoms with Crippen molar-refractivity contribution in [1.82, 2.24) is 9.55 Å². The highest BCUT2D eigenvalue weighted by atomic mass is 16.4. The maximum Gasteiger partial charge on any atom is 0.355 e. The summed E-state index contributed by atoms with van der Waals surface area (Å²) in [6, 6.07) is 28.7. The third kappa shape index (κ3) is 4.43. The molecule has 0 spiro atoms. The predicted octanol–water partition coefficient (Wildman–Crippen LogP) is 4.83. The molecule has 0 aliphatic carbocycles. The van der Waals surface area contributed by atoms with Crippen molar-refractivity contribution in [1.29, 1.82) is 0 Å². The number of benzene rings is 3. The molecule has 36 heavy (non-hydrogen) atoms. The molecule has 1 aliphatic rings. The lowest BCUT2D eigenvalue weighted by Gasteiger charge is -2.32. The van der Waals surface area contributed by atoms with Gasteiger partial charge in [0.25, 0.3) is 0 Å². The van der Waals surface area contributed by atoms with Crippen LogP contribution in [0.1, 0.15) is 29.5 Å². The van der Waals surface area contributed by atoms with Crippen molar-refractivity contribution >= 4 is 23.3 Å². The van der Waals surface area contributed by atoms with E-state index in [2.05, 4.69) is 10.3 Å². The molecule has 5 rings (SSSR count). The molecule has 0 radical (unpaired) electrons. The van der Waals surface area contributed by atoms with E-state index in [-0.39, 0.29) is 0 Å². The maximum atomic E-state index is 13.3. The Morgan fingerprint density at radius 3 is 2.19 bits per heavy atom. The Morgan fingerprint density at radius 2 is 1.56 bits per heavy atom. The third-order valence-corrected chi connectivity index (χ3v) is 6.47. The Hall–Kier alpha value is -4.52. The van der Waals surface area contributed by atoms with Crippen LogP contribution in [0.15, 0.2) is 101 Å². The van der Waals surface area contributed by atoms with E-state index >= 15 is 0 Å². The summed E-state index contributed by atoms with van der Waals surface area (Å²) < 4.78 is 1.47. The number of rotatable bonds is 7. The third-order valence-electron chi connectivity index (χ3n) is 6.47. The number of para-hydroxylation sites is 1. The van der Waals surface area contributed by atoms with Crippen LogP contribution in [0.25, 0.3) is 5.69 Å². The number of carboxylic acids is 1. The molecule has 2 heterocycles. The number of fused-ring (bicyclic) bond motifs is 1. The van der Waals surface area contributed by atoms with Crippen LogP contribution in [-0.2, 0) is 11.2 Å². The molecule has 3 aromatic carbocycles. The molecule has 0 bridgehead atoms. The van der Waals surface area contributed by atoms with Crippen LogP contribution in [0.4, 0.5) is 11.6 Å². The second-order valence-corrected chi connectivity index (χ2v) is 8.77. The first-order valence-electron chi connectivity index (χ1n) is 11.9. The molecule has 1 aliphatic heterocycles. The van der Waals surface area contributed by atoms with Gasteiger partial charge in [0.1, 0.15) is 17.6 Å². The van der Waals surface area contributed by atoms with Crippen molar-refractivity contribution < 1.29 is 9.90 Å². The maximum absolute atomic E-state index is 13.3. The molecule has 7 heteroatoms. The van der Waals surface area contributed by atoms with Gasteiger partial charge < -0.3 is 10.4 Å². The van der Waals surface area contributed by atoms with E-state index in [4.69, 9.17) is 4.99 Å². The van der Waals surface area contributed by atoms with E-state index in [1.807, 2.05) is 91.0 Å². The fourth-order valence-electron chi connectivity index (χ4n) is 4.82. The monoisotopic (exact) mass is 478 g/mol. The number of carboxylic acid groups (broad SMARTS) is 1. The minimum Gasteiger partial charge on any atom is -0.481 e. The van der Waals surface area contributed by atoms with Crippen molar-refractivity contribution in [2.45, 2.75) is 19.3 Å². The first kappa shape index (κ1) is 23.2. The average molecular weight is 479 g/mol. The van der Waals surface area contributed by atoms with Gasteiger partial charge in [-0.25, -0.2) is 14.4 Å². The molecular weight excluding hydrogens is 452 g/mol. The van der Waals surface area contributed by atoms with Gasteiger partial charge in [-0.2, -0.15) is 4.98 Å². The molecule has 0 saturated heterocycles. The van der Waals surface area contributed by atoms with Crippen LogP contribution in [0.3, 0.4) is 0 Å². The zero-order valence-corrected chi connectivity index (χ0v) is 19.8. The summed E-state index contributed by atoms with van der Waals surface area (Å²) in [7, 11) is 0. The van der Waals surface area contributed by atoms with Crippen LogP contribution in [0.5, 0.6) is 0 Å². The summed E-state index contributed by atoms with van der Waals surface area (Å²) in [5.41, 5.74) is 3.17. The van der Waals surface area contributed by atoms with E-state index in [9.17, 15) is 14.7 Å². The molecule has 4 aromatic rings. The molecule has 2 atom stereocenters. The summed E-state index contributed by atoms with van der Waals surface area (Å²) in [5.74, 6) is -1.65. The number of carbonyl (C=O) groups is 1. The normalized spacial score (nSPS) is 16.6. The van der Waals surface area contributed by atoms with Crippen LogP contribution < -0.4 is 11.0 Å². The lowest BCUT2D eigenvalue weighted by Crippen LogP contribution is -2.36. The zero-order valence-electron chi connectivity index (χ0n) is 19.8. The van der Waals surface area contributed by atoms with Crippen LogP contribution >= 0.6 is 0 Å². The fourth-order valence-corrected chi connectivity index (χ4v) is 4.82. The number of nitrogens with zero attached hydrogens (tertiary/aromatic N) is 3. The minimum absolute atomic E-state index is 0.370. The number of hydrogen-bond donors (Lipinski definition) is 2. The minimum atomic E-state index is -0.969. The van der Waals surface area contributed by atoms with E-state index in [0.29, 0.717) is 35.1 Å². The first-order valence-corrected chi connectivity index (χ1v) is 11.9. The summed E-state index contributed by atoms with van der Waals surface area (Å²) in [6.45, 7) is 2.24. The molecular formula is C29H26N4O3. The topological polar surface area (TPSA) is 96.6 Å². The van der Waals surface area contributed by atoms with Gasteiger partial charge in [0.15, 0.2) is 0 Å². The molecule has 180 valence electrons. The Bertz CT molecular complexity index is 1470. The van der Waals surface area contributed by atoms with Gasteiger partial charge in [0.2, 0.25) is 0 Å². The van der Waals surface area contributed by atoms with Crippen molar-refractivity contribution in [2.75, 3.05) is 11.9 Å². The van der Waals surface area contributed by atoms with Gasteiger partial charge in [-0.3, -0.25) is 4.79 Å². The number of aromatic nitrogens is 2. The lowest BCUT2D eigenvalue weighted by atomic mass is 9.76. The van der Waals surface area contributed by atoms with Gasteiger partial charge >= 0.3 is 11.7 Å². The fraction of sp³-hybridized carbons (Fsp3) is 0.172. The highest BCUT2D eigenvalue weighted by molar-refractivity contribution is 6.04. The molecule has 2 unspecified atom stereocenters. The molecule has 0 fully saturated rings.